The molecule has 2 N–H and O–H groups in total. The van der Waals surface area contributed by atoms with Crippen molar-refractivity contribution in [1.29, 1.82) is 0 Å². The molecule has 0 saturated heterocycles. The smallest absolute Gasteiger partial charge is 0.488 e. The second kappa shape index (κ2) is 22.2. The predicted octanol–water partition coefficient (Wildman–Crippen LogP) is 10.6. The molecule has 7 aromatic rings. The van der Waals surface area contributed by atoms with E-state index in [2.05, 4.69) is 103 Å². The van der Waals surface area contributed by atoms with Crippen LogP contribution in [0.5, 0.6) is 23.0 Å². The Morgan fingerprint density at radius 2 is 1.09 bits per heavy atom. The summed E-state index contributed by atoms with van der Waals surface area (Å²) in [6, 6.07) is 48.1. The molecular weight excluding hydrogens is 898 g/mol. The van der Waals surface area contributed by atoms with E-state index in [1.165, 1.54) is 73.2 Å². The van der Waals surface area contributed by atoms with Crippen LogP contribution in [0.15, 0.2) is 175 Å². The third kappa shape index (κ3) is 12.0. The molecule has 2 aliphatic rings. The number of benzene rings is 7. The standard InChI is InChI=1S/C23H21NO2S2.C23H22O2S.C8H11BO4/c1-16-7-10-21(11-8-16)28(25,26)15-24-17(2)18-9-12-23-20(13-18)14-19-5-3-4-6-22(19)27-23;1-15(17-8-10-20(24-2)21(14-17)25-3)16-9-11-23-19(12-16)13-18-6-4-5-7-22(18)26-23;1-12-7-4-3-6(9(10)11)5-8(7)13-2/h3-13H,14-15H2,1-2H3;4-12,14-15H,13H2,1-3H3;3-5,10-11H,1-2H3. The van der Waals surface area contributed by atoms with Crippen molar-refractivity contribution in [1.82, 2.24) is 0 Å². The molecule has 0 amide bonds. The highest BCUT2D eigenvalue weighted by molar-refractivity contribution is 7.99. The Balaban J connectivity index is 0.000000159. The van der Waals surface area contributed by atoms with Gasteiger partial charge in [-0.25, -0.2) is 8.42 Å². The van der Waals surface area contributed by atoms with Gasteiger partial charge in [0.05, 0.1) is 33.3 Å². The summed E-state index contributed by atoms with van der Waals surface area (Å²) in [5.41, 5.74) is 11.1. The van der Waals surface area contributed by atoms with E-state index in [1.54, 1.807) is 50.2 Å². The first-order chi connectivity index (χ1) is 32.3. The number of nitrogens with zero attached hydrogens (tertiary/aromatic N) is 1. The Morgan fingerprint density at radius 3 is 1.67 bits per heavy atom. The molecule has 1 unspecified atom stereocenters. The maximum absolute atomic E-state index is 12.5. The third-order valence-electron chi connectivity index (χ3n) is 11.7. The normalized spacial score (nSPS) is 12.8. The molecule has 2 aliphatic heterocycles. The van der Waals surface area contributed by atoms with E-state index >= 15 is 0 Å². The lowest BCUT2D eigenvalue weighted by atomic mass is 9.80. The van der Waals surface area contributed by atoms with Gasteiger partial charge in [-0.1, -0.05) is 115 Å². The van der Waals surface area contributed by atoms with Gasteiger partial charge in [0.2, 0.25) is 0 Å². The molecule has 1 atom stereocenters. The highest BCUT2D eigenvalue weighted by atomic mass is 32.2. The van der Waals surface area contributed by atoms with E-state index < -0.39 is 17.0 Å². The molecule has 0 aliphatic carbocycles. The number of fused-ring (bicyclic) bond motifs is 4. The van der Waals surface area contributed by atoms with Crippen molar-refractivity contribution < 1.29 is 37.4 Å². The monoisotopic (exact) mass is 951 g/mol. The Morgan fingerprint density at radius 1 is 0.597 bits per heavy atom. The van der Waals surface area contributed by atoms with Crippen molar-refractivity contribution in [3.8, 4) is 23.0 Å². The predicted molar refractivity (Wildman–Crippen MR) is 272 cm³/mol. The number of aliphatic imine (C=N–C) groups is 1. The molecule has 0 aromatic heterocycles. The van der Waals surface area contributed by atoms with Gasteiger partial charge in [0.1, 0.15) is 5.88 Å². The van der Waals surface area contributed by atoms with Crippen LogP contribution < -0.4 is 24.4 Å². The Bertz CT molecular complexity index is 2990. The summed E-state index contributed by atoms with van der Waals surface area (Å²) in [7, 11) is 1.44. The highest BCUT2D eigenvalue weighted by Crippen LogP contribution is 2.42. The van der Waals surface area contributed by atoms with E-state index in [0.717, 1.165) is 41.2 Å². The maximum atomic E-state index is 12.5. The molecule has 9 rings (SSSR count). The Labute approximate surface area is 403 Å². The zero-order valence-electron chi connectivity index (χ0n) is 38.6. The fraction of sp³-hybridized carbons (Fsp3) is 0.204. The summed E-state index contributed by atoms with van der Waals surface area (Å²) < 4.78 is 45.9. The van der Waals surface area contributed by atoms with Gasteiger partial charge >= 0.3 is 7.12 Å². The largest absolute Gasteiger partial charge is 0.493 e. The lowest BCUT2D eigenvalue weighted by Gasteiger charge is -2.21. The van der Waals surface area contributed by atoms with Gasteiger partial charge in [-0.2, -0.15) is 0 Å². The van der Waals surface area contributed by atoms with Crippen LogP contribution in [0, 0.1) is 6.92 Å². The van der Waals surface area contributed by atoms with Crippen LogP contribution in [0.25, 0.3) is 0 Å². The molecule has 0 bridgehead atoms. The number of sulfone groups is 1. The van der Waals surface area contributed by atoms with Crippen molar-refractivity contribution in [2.45, 2.75) is 64.0 Å². The molecule has 7 aromatic carbocycles. The first-order valence-electron chi connectivity index (χ1n) is 21.7. The van der Waals surface area contributed by atoms with Crippen LogP contribution >= 0.6 is 23.5 Å². The summed E-state index contributed by atoms with van der Waals surface area (Å²) >= 11 is 3.66. The quantitative estimate of drug-likeness (QED) is 0.0957. The minimum Gasteiger partial charge on any atom is -0.493 e. The maximum Gasteiger partial charge on any atom is 0.488 e. The van der Waals surface area contributed by atoms with Gasteiger partial charge in [-0.05, 0) is 138 Å². The van der Waals surface area contributed by atoms with Crippen molar-refractivity contribution in [3.05, 3.63) is 190 Å². The van der Waals surface area contributed by atoms with Gasteiger partial charge in [-0.15, -0.1) is 0 Å². The van der Waals surface area contributed by atoms with Crippen LogP contribution in [0.4, 0.5) is 0 Å². The zero-order chi connectivity index (χ0) is 47.7. The highest BCUT2D eigenvalue weighted by Gasteiger charge is 2.20. The minimum atomic E-state index is -3.43. The summed E-state index contributed by atoms with van der Waals surface area (Å²) in [5.74, 6) is 2.64. The van der Waals surface area contributed by atoms with Gasteiger partial charge in [0.25, 0.3) is 0 Å². The van der Waals surface area contributed by atoms with Gasteiger partial charge < -0.3 is 29.0 Å². The number of hydrogen-bond acceptors (Lipinski definition) is 11. The Hall–Kier alpha value is -5.96. The number of ether oxygens (including phenoxy) is 4. The number of rotatable bonds is 11. The summed E-state index contributed by atoms with van der Waals surface area (Å²) in [5, 5.41) is 17.7. The molecule has 0 spiro atoms. The zero-order valence-corrected chi connectivity index (χ0v) is 41.1. The summed E-state index contributed by atoms with van der Waals surface area (Å²) in [6.07, 6.45) is 1.90. The van der Waals surface area contributed by atoms with E-state index in [9.17, 15) is 8.42 Å². The summed E-state index contributed by atoms with van der Waals surface area (Å²) in [6.45, 7) is 6.05. The lowest BCUT2D eigenvalue weighted by Crippen LogP contribution is -2.29. The molecule has 0 saturated carbocycles. The molecule has 344 valence electrons. The van der Waals surface area contributed by atoms with Gasteiger partial charge in [-0.3, -0.25) is 4.99 Å². The van der Waals surface area contributed by atoms with Crippen molar-refractivity contribution in [3.63, 3.8) is 0 Å². The average molecular weight is 952 g/mol. The molecule has 9 nitrogen and oxygen atoms in total. The van der Waals surface area contributed by atoms with Crippen LogP contribution in [0.3, 0.4) is 0 Å². The number of aryl methyl sites for hydroxylation is 1. The fourth-order valence-electron chi connectivity index (χ4n) is 7.72. The number of hydrogen-bond donors (Lipinski definition) is 2. The molecule has 2 heterocycles. The van der Waals surface area contributed by atoms with E-state index in [0.29, 0.717) is 27.8 Å². The first-order valence-corrected chi connectivity index (χ1v) is 25.0. The van der Waals surface area contributed by atoms with Crippen molar-refractivity contribution >= 4 is 51.7 Å². The van der Waals surface area contributed by atoms with Gasteiger partial charge in [0.15, 0.2) is 32.8 Å². The molecule has 0 radical (unpaired) electrons. The number of methoxy groups -OCH3 is 4. The van der Waals surface area contributed by atoms with Crippen LogP contribution in [0.1, 0.15) is 64.3 Å². The van der Waals surface area contributed by atoms with Gasteiger partial charge in [0, 0.05) is 31.2 Å². The molecule has 13 heteroatoms. The Kier molecular flexibility index (Phi) is 16.2. The molecule has 0 fully saturated rings. The topological polar surface area (TPSA) is 124 Å². The van der Waals surface area contributed by atoms with Crippen LogP contribution in [-0.4, -0.2) is 65.6 Å². The van der Waals surface area contributed by atoms with E-state index in [-0.39, 0.29) is 5.88 Å². The molecular formula is C54H54BNO8S3. The van der Waals surface area contributed by atoms with Crippen LogP contribution in [-0.2, 0) is 22.7 Å². The average Bonchev–Trinajstić information content (AvgIpc) is 3.36. The van der Waals surface area contributed by atoms with Crippen molar-refractivity contribution in [2.24, 2.45) is 4.99 Å². The second-order valence-electron chi connectivity index (χ2n) is 16.1. The molecule has 67 heavy (non-hydrogen) atoms. The second-order valence-corrected chi connectivity index (χ2v) is 20.2. The SMILES string of the molecule is CC(=NCS(=O)(=O)c1ccc(C)cc1)c1ccc2c(c1)Cc1ccccc1S2.COc1ccc(B(O)O)cc1OC.COc1ccc(C(C)c2ccc3c(c2)Cc2ccccc2S3)cc1OC. The fourth-order valence-corrected chi connectivity index (χ4v) is 10.9. The summed E-state index contributed by atoms with van der Waals surface area (Å²) in [4.78, 5) is 9.99. The van der Waals surface area contributed by atoms with Crippen molar-refractivity contribution in [2.75, 3.05) is 34.3 Å². The van der Waals surface area contributed by atoms with E-state index in [1.807, 2.05) is 49.9 Å². The third-order valence-corrected chi connectivity index (χ3v) is 15.6. The van der Waals surface area contributed by atoms with E-state index in [4.69, 9.17) is 29.0 Å². The first kappa shape index (κ1) is 49.0. The lowest BCUT2D eigenvalue weighted by molar-refractivity contribution is 0.354. The minimum absolute atomic E-state index is 0.240. The van der Waals surface area contributed by atoms with Crippen LogP contribution in [0.2, 0.25) is 0 Å².